The maximum Gasteiger partial charge on any atom is 0.349 e. The smallest absolute Gasteiger partial charge is 0.349 e. The van der Waals surface area contributed by atoms with E-state index in [9.17, 15) is 49.2 Å². The van der Waals surface area contributed by atoms with Crippen LogP contribution >= 0.6 is 0 Å². The van der Waals surface area contributed by atoms with E-state index < -0.39 is 75.4 Å². The topological polar surface area (TPSA) is 230 Å². The number of carbonyl (C=O) groups is 4. The van der Waals surface area contributed by atoms with Gasteiger partial charge >= 0.3 is 5.69 Å². The number of aryl methyl sites for hydroxylation is 2. The normalized spacial score (nSPS) is 17.2. The molecule has 0 saturated carbocycles. The second kappa shape index (κ2) is 9.64. The number of hydrogen-bond donors (Lipinski definition) is 5. The van der Waals surface area contributed by atoms with Crippen LogP contribution in [0.2, 0.25) is 0 Å². The van der Waals surface area contributed by atoms with E-state index in [1.165, 1.54) is 6.07 Å². The highest BCUT2D eigenvalue weighted by molar-refractivity contribution is 6.07. The van der Waals surface area contributed by atoms with Gasteiger partial charge in [-0.05, 0) is 64.8 Å². The molecule has 0 spiro atoms. The monoisotopic (exact) mass is 544 g/mol. The van der Waals surface area contributed by atoms with Crippen LogP contribution < -0.4 is 11.2 Å². The van der Waals surface area contributed by atoms with Gasteiger partial charge in [0.15, 0.2) is 57.6 Å². The average Bonchev–Trinajstić information content (AvgIpc) is 2.83. The first-order chi connectivity index (χ1) is 17.8. The Hall–Kier alpha value is -3.98. The number of Topliss-reactive ketones (excluding diaryl/α,β-unsaturated/α-hetero) is 4. The number of ketones is 4. The standard InChI is InChI=1S/C25H28N4O10/c1-10-7-16-17(8-11(10)2)29(20-18(26-16)21(35)28-22(36)27-20)9-23(37,13(4)31)25(39,15(6)33)24(38,14(5)32)19(34)12(3)30/h7-8,19,34,37-39H,9H2,1-6H3,(H,28,35,36)/t19?,23-,24-,25+/m1/s1. The molecule has 1 aromatic carbocycles. The molecule has 0 saturated heterocycles. The summed E-state index contributed by atoms with van der Waals surface area (Å²) in [7, 11) is 0. The molecule has 5 N–H and O–H groups in total. The quantitative estimate of drug-likeness (QED) is 0.186. The molecule has 14 heteroatoms. The first-order valence-electron chi connectivity index (χ1n) is 11.6. The second-order valence-electron chi connectivity index (χ2n) is 9.69. The fourth-order valence-corrected chi connectivity index (χ4v) is 4.73. The maximum absolute atomic E-state index is 13.1. The Kier molecular flexibility index (Phi) is 7.31. The summed E-state index contributed by atoms with van der Waals surface area (Å²) in [6.07, 6.45) is -2.75. The second-order valence-corrected chi connectivity index (χ2v) is 9.69. The van der Waals surface area contributed by atoms with E-state index in [2.05, 4.69) is 9.97 Å². The molecule has 0 radical (unpaired) electrons. The summed E-state index contributed by atoms with van der Waals surface area (Å²) in [6.45, 7) is 5.01. The largest absolute Gasteiger partial charge is 0.382 e. The zero-order chi connectivity index (χ0) is 29.8. The predicted octanol–water partition coefficient (Wildman–Crippen LogP) is -1.89. The number of aliphatic hydroxyl groups is 4. The van der Waals surface area contributed by atoms with Crippen molar-refractivity contribution < 1.29 is 39.6 Å². The average molecular weight is 545 g/mol. The third-order valence-corrected chi connectivity index (χ3v) is 7.17. The number of nitrogens with one attached hydrogen (secondary N) is 1. The number of hydrogen-bond acceptors (Lipinski definition) is 12. The molecule has 3 rings (SSSR count). The van der Waals surface area contributed by atoms with Gasteiger partial charge in [0.1, 0.15) is 0 Å². The van der Waals surface area contributed by atoms with Crippen LogP contribution in [0.4, 0.5) is 0 Å². The van der Waals surface area contributed by atoms with E-state index in [0.29, 0.717) is 19.4 Å². The molecule has 0 bridgehead atoms. The Balaban J connectivity index is 2.54. The fourth-order valence-electron chi connectivity index (χ4n) is 4.73. The minimum atomic E-state index is -3.82. The number of benzene rings is 1. The zero-order valence-corrected chi connectivity index (χ0v) is 22.0. The number of fused-ring (bicyclic) bond motifs is 2. The van der Waals surface area contributed by atoms with Crippen LogP contribution in [0.25, 0.3) is 22.6 Å². The number of rotatable bonds is 9. The molecule has 2 heterocycles. The Bertz CT molecular complexity index is 1640. The number of H-pyrrole nitrogens is 1. The van der Waals surface area contributed by atoms with E-state index in [4.69, 9.17) is 0 Å². The molecular weight excluding hydrogens is 516 g/mol. The van der Waals surface area contributed by atoms with Crippen LogP contribution in [-0.4, -0.2) is 86.0 Å². The first-order valence-corrected chi connectivity index (χ1v) is 11.6. The van der Waals surface area contributed by atoms with Gasteiger partial charge in [0, 0.05) is 0 Å². The fraction of sp³-hybridized carbons (Fsp3) is 0.440. The summed E-state index contributed by atoms with van der Waals surface area (Å²) >= 11 is 0. The van der Waals surface area contributed by atoms with Gasteiger partial charge in [0.2, 0.25) is 0 Å². The molecular formula is C25H28N4O10. The van der Waals surface area contributed by atoms with Gasteiger partial charge in [-0.3, -0.25) is 29.0 Å². The van der Waals surface area contributed by atoms with Crippen LogP contribution in [0, 0.1) is 13.8 Å². The third-order valence-electron chi connectivity index (χ3n) is 7.17. The van der Waals surface area contributed by atoms with Crippen LogP contribution in [0.3, 0.4) is 0 Å². The van der Waals surface area contributed by atoms with Crippen molar-refractivity contribution in [3.8, 4) is 11.5 Å². The molecule has 1 aromatic rings. The van der Waals surface area contributed by atoms with E-state index >= 15 is 0 Å². The molecule has 39 heavy (non-hydrogen) atoms. The Morgan fingerprint density at radius 1 is 0.923 bits per heavy atom. The highest BCUT2D eigenvalue weighted by Crippen LogP contribution is 2.41. The summed E-state index contributed by atoms with van der Waals surface area (Å²) in [5.74, 6) is -6.18. The van der Waals surface area contributed by atoms with Crippen molar-refractivity contribution in [3.63, 3.8) is 0 Å². The van der Waals surface area contributed by atoms with Gasteiger partial charge in [-0.2, -0.15) is 4.98 Å². The third kappa shape index (κ3) is 4.21. The minimum absolute atomic E-state index is 0.0761. The summed E-state index contributed by atoms with van der Waals surface area (Å²) in [4.78, 5) is 85.4. The summed E-state index contributed by atoms with van der Waals surface area (Å²) in [5, 5.41) is 45.4. The van der Waals surface area contributed by atoms with Crippen molar-refractivity contribution in [2.24, 2.45) is 0 Å². The van der Waals surface area contributed by atoms with Crippen molar-refractivity contribution in [2.45, 2.75) is 71.0 Å². The lowest BCUT2D eigenvalue weighted by Crippen LogP contribution is -2.80. The number of carbonyl (C=O) groups excluding carboxylic acids is 4. The lowest BCUT2D eigenvalue weighted by Gasteiger charge is -2.49. The lowest BCUT2D eigenvalue weighted by atomic mass is 9.62. The molecule has 14 nitrogen and oxygen atoms in total. The molecule has 1 unspecified atom stereocenters. The SMILES string of the molecule is CC(=O)C(O)[C@](O)(C(C)=O)[C@](O)(C(C)=O)[C@@](O)(Cn1c2nc(=O)[nH]c(=O)c-2nc2cc(C)c(C)cc21)C(C)=O. The molecule has 2 aliphatic rings. The Morgan fingerprint density at radius 3 is 1.97 bits per heavy atom. The molecule has 0 aliphatic carbocycles. The minimum Gasteiger partial charge on any atom is -0.382 e. The summed E-state index contributed by atoms with van der Waals surface area (Å²) < 4.78 is 0.955. The number of aromatic amines is 1. The summed E-state index contributed by atoms with van der Waals surface area (Å²) in [6, 6.07) is 3.07. The van der Waals surface area contributed by atoms with Crippen molar-refractivity contribution >= 4 is 34.2 Å². The molecule has 0 amide bonds. The Labute approximate surface area is 220 Å². The molecule has 4 atom stereocenters. The predicted molar refractivity (Wildman–Crippen MR) is 134 cm³/mol. The highest BCUT2D eigenvalue weighted by atomic mass is 16.4. The first kappa shape index (κ1) is 29.6. The molecule has 0 aromatic heterocycles. The van der Waals surface area contributed by atoms with E-state index in [0.717, 1.165) is 24.0 Å². The van der Waals surface area contributed by atoms with Crippen LogP contribution in [0.5, 0.6) is 0 Å². The zero-order valence-electron chi connectivity index (χ0n) is 22.0. The van der Waals surface area contributed by atoms with Gasteiger partial charge < -0.3 is 25.0 Å². The van der Waals surface area contributed by atoms with Crippen molar-refractivity contribution in [3.05, 3.63) is 44.1 Å². The van der Waals surface area contributed by atoms with Crippen molar-refractivity contribution in [1.82, 2.24) is 19.5 Å². The van der Waals surface area contributed by atoms with Crippen LogP contribution in [0.1, 0.15) is 38.8 Å². The van der Waals surface area contributed by atoms with Gasteiger partial charge in [-0.15, -0.1) is 0 Å². The van der Waals surface area contributed by atoms with Gasteiger partial charge in [0.05, 0.1) is 17.6 Å². The van der Waals surface area contributed by atoms with Crippen molar-refractivity contribution in [1.29, 1.82) is 0 Å². The lowest BCUT2D eigenvalue weighted by molar-refractivity contribution is -0.247. The van der Waals surface area contributed by atoms with E-state index in [1.807, 2.05) is 4.98 Å². The molecule has 2 aliphatic heterocycles. The number of aliphatic hydroxyl groups excluding tert-OH is 1. The van der Waals surface area contributed by atoms with Crippen LogP contribution in [0.15, 0.2) is 21.7 Å². The summed E-state index contributed by atoms with van der Waals surface area (Å²) in [5.41, 5.74) is -11.9. The number of aromatic nitrogens is 4. The van der Waals surface area contributed by atoms with Gasteiger partial charge in [-0.25, -0.2) is 9.78 Å². The van der Waals surface area contributed by atoms with Gasteiger partial charge in [-0.1, -0.05) is 0 Å². The van der Waals surface area contributed by atoms with Gasteiger partial charge in [0.25, 0.3) is 5.56 Å². The Morgan fingerprint density at radius 2 is 1.49 bits per heavy atom. The van der Waals surface area contributed by atoms with Crippen LogP contribution in [-0.2, 0) is 25.7 Å². The van der Waals surface area contributed by atoms with Crippen molar-refractivity contribution in [2.75, 3.05) is 0 Å². The number of nitrogens with zero attached hydrogens (tertiary/aromatic N) is 3. The van der Waals surface area contributed by atoms with E-state index in [-0.39, 0.29) is 11.0 Å². The molecule has 208 valence electrons. The highest BCUT2D eigenvalue weighted by Gasteiger charge is 2.72. The maximum atomic E-state index is 13.1. The van der Waals surface area contributed by atoms with E-state index in [1.54, 1.807) is 19.9 Å². The molecule has 0 fully saturated rings.